The minimum absolute atomic E-state index is 0.0593. The van der Waals surface area contributed by atoms with Crippen LogP contribution >= 0.6 is 23.1 Å². The van der Waals surface area contributed by atoms with E-state index in [9.17, 15) is 4.79 Å². The minimum atomic E-state index is -0.0593. The molecule has 4 aromatic rings. The van der Waals surface area contributed by atoms with Crippen LogP contribution in [0.3, 0.4) is 0 Å². The molecule has 27 heavy (non-hydrogen) atoms. The lowest BCUT2D eigenvalue weighted by molar-refractivity contribution is 0.793. The van der Waals surface area contributed by atoms with E-state index in [0.29, 0.717) is 10.7 Å². The Morgan fingerprint density at radius 2 is 2.07 bits per heavy atom. The molecule has 0 aliphatic rings. The molecule has 0 aliphatic carbocycles. The second-order valence-corrected chi connectivity index (χ2v) is 8.06. The summed E-state index contributed by atoms with van der Waals surface area (Å²) in [7, 11) is 5.97. The Labute approximate surface area is 164 Å². The van der Waals surface area contributed by atoms with E-state index in [4.69, 9.17) is 0 Å². The van der Waals surface area contributed by atoms with Crippen molar-refractivity contribution in [2.45, 2.75) is 10.9 Å². The number of hydrogen-bond donors (Lipinski definition) is 0. The molecule has 0 aliphatic heterocycles. The normalized spacial score (nSPS) is 11.2. The summed E-state index contributed by atoms with van der Waals surface area (Å²) >= 11 is 2.97. The number of benzene rings is 1. The number of anilines is 1. The first-order valence-electron chi connectivity index (χ1n) is 8.28. The predicted molar refractivity (Wildman–Crippen MR) is 110 cm³/mol. The summed E-state index contributed by atoms with van der Waals surface area (Å²) in [6.07, 6.45) is 1.74. The van der Waals surface area contributed by atoms with Crippen molar-refractivity contribution in [2.24, 2.45) is 7.05 Å². The molecule has 0 radical (unpaired) electrons. The van der Waals surface area contributed by atoms with Gasteiger partial charge in [0.1, 0.15) is 0 Å². The molecular weight excluding hydrogens is 380 g/mol. The van der Waals surface area contributed by atoms with Gasteiger partial charge in [0.2, 0.25) is 0 Å². The maximum absolute atomic E-state index is 12.1. The summed E-state index contributed by atoms with van der Waals surface area (Å²) in [5.41, 5.74) is 2.81. The monoisotopic (exact) mass is 398 g/mol. The molecule has 138 valence electrons. The Kier molecular flexibility index (Phi) is 4.71. The fraction of sp³-hybridized carbons (Fsp3) is 0.222. The average molecular weight is 399 g/mol. The third kappa shape index (κ3) is 3.47. The van der Waals surface area contributed by atoms with Gasteiger partial charge in [0.05, 0.1) is 5.69 Å². The Hall–Kier alpha value is -2.65. The number of thiazole rings is 1. The molecule has 0 amide bonds. The van der Waals surface area contributed by atoms with Gasteiger partial charge < -0.3 is 9.47 Å². The molecule has 0 bridgehead atoms. The molecule has 0 saturated carbocycles. The van der Waals surface area contributed by atoms with Crippen LogP contribution in [-0.4, -0.2) is 38.2 Å². The van der Waals surface area contributed by atoms with Crippen molar-refractivity contribution in [3.63, 3.8) is 0 Å². The second kappa shape index (κ2) is 7.16. The van der Waals surface area contributed by atoms with Gasteiger partial charge in [-0.05, 0) is 12.1 Å². The number of fused-ring (bicyclic) bond motifs is 1. The van der Waals surface area contributed by atoms with Crippen molar-refractivity contribution in [3.05, 3.63) is 58.0 Å². The minimum Gasteiger partial charge on any atom is -0.378 e. The van der Waals surface area contributed by atoms with Crippen molar-refractivity contribution < 1.29 is 0 Å². The molecular formula is C18H18N6OS2. The second-order valence-electron chi connectivity index (χ2n) is 6.24. The molecule has 4 rings (SSSR count). The van der Waals surface area contributed by atoms with Crippen LogP contribution in [0.5, 0.6) is 0 Å². The zero-order valence-electron chi connectivity index (χ0n) is 15.2. The number of nitrogens with zero attached hydrogens (tertiary/aromatic N) is 6. The van der Waals surface area contributed by atoms with Gasteiger partial charge in [0.25, 0.3) is 5.56 Å². The highest BCUT2D eigenvalue weighted by molar-refractivity contribution is 7.98. The molecule has 3 heterocycles. The molecule has 7 nitrogen and oxygen atoms in total. The lowest BCUT2D eigenvalue weighted by atomic mass is 10.2. The highest BCUT2D eigenvalue weighted by atomic mass is 32.2. The summed E-state index contributed by atoms with van der Waals surface area (Å²) < 4.78 is 3.52. The van der Waals surface area contributed by atoms with Crippen molar-refractivity contribution in [3.8, 4) is 11.4 Å². The highest BCUT2D eigenvalue weighted by Crippen LogP contribution is 2.26. The van der Waals surface area contributed by atoms with Crippen LogP contribution in [0.25, 0.3) is 16.3 Å². The summed E-state index contributed by atoms with van der Waals surface area (Å²) in [6, 6.07) is 9.76. The number of hydrogen-bond acceptors (Lipinski definition) is 7. The van der Waals surface area contributed by atoms with Gasteiger partial charge in [-0.15, -0.1) is 21.5 Å². The highest BCUT2D eigenvalue weighted by Gasteiger charge is 2.13. The van der Waals surface area contributed by atoms with E-state index in [2.05, 4.69) is 32.2 Å². The van der Waals surface area contributed by atoms with Gasteiger partial charge in [0.15, 0.2) is 15.9 Å². The molecule has 0 unspecified atom stereocenters. The maximum atomic E-state index is 12.1. The van der Waals surface area contributed by atoms with Gasteiger partial charge in [-0.3, -0.25) is 9.20 Å². The van der Waals surface area contributed by atoms with Gasteiger partial charge in [-0.2, -0.15) is 0 Å². The van der Waals surface area contributed by atoms with E-state index in [-0.39, 0.29) is 5.56 Å². The first-order chi connectivity index (χ1) is 13.0. The van der Waals surface area contributed by atoms with Gasteiger partial charge in [-0.1, -0.05) is 23.9 Å². The van der Waals surface area contributed by atoms with Crippen molar-refractivity contribution in [1.29, 1.82) is 0 Å². The standard InChI is InChI=1S/C18H18N6OS2/c1-22(2)14-6-4-5-12(9-14)16-20-21-18(23(16)3)27-11-13-10-15(25)24-7-8-26-17(24)19-13/h4-10H,11H2,1-3H3. The van der Waals surface area contributed by atoms with Crippen molar-refractivity contribution in [1.82, 2.24) is 24.1 Å². The lowest BCUT2D eigenvalue weighted by Gasteiger charge is -2.13. The Morgan fingerprint density at radius 1 is 1.22 bits per heavy atom. The molecule has 3 aromatic heterocycles. The zero-order valence-corrected chi connectivity index (χ0v) is 16.8. The van der Waals surface area contributed by atoms with E-state index in [0.717, 1.165) is 27.9 Å². The van der Waals surface area contributed by atoms with Gasteiger partial charge >= 0.3 is 0 Å². The van der Waals surface area contributed by atoms with Gasteiger partial charge in [-0.25, -0.2) is 4.98 Å². The van der Waals surface area contributed by atoms with Crippen LogP contribution < -0.4 is 10.5 Å². The van der Waals surface area contributed by atoms with E-state index in [1.807, 2.05) is 43.2 Å². The first kappa shape index (κ1) is 17.7. The van der Waals surface area contributed by atoms with Crippen LogP contribution in [0.2, 0.25) is 0 Å². The topological polar surface area (TPSA) is 68.3 Å². The third-order valence-corrected chi connectivity index (χ3v) is 5.97. The van der Waals surface area contributed by atoms with E-state index < -0.39 is 0 Å². The van der Waals surface area contributed by atoms with Crippen LogP contribution in [0.4, 0.5) is 5.69 Å². The van der Waals surface area contributed by atoms with Crippen LogP contribution in [0.1, 0.15) is 5.69 Å². The van der Waals surface area contributed by atoms with Crippen LogP contribution in [0.15, 0.2) is 51.9 Å². The average Bonchev–Trinajstić information content (AvgIpc) is 3.27. The lowest BCUT2D eigenvalue weighted by Crippen LogP contribution is -2.12. The Morgan fingerprint density at radius 3 is 2.89 bits per heavy atom. The number of thioether (sulfide) groups is 1. The molecule has 1 aromatic carbocycles. The third-order valence-electron chi connectivity index (χ3n) is 4.16. The van der Waals surface area contributed by atoms with Crippen LogP contribution in [-0.2, 0) is 12.8 Å². The first-order valence-corrected chi connectivity index (χ1v) is 10.1. The van der Waals surface area contributed by atoms with E-state index in [1.54, 1.807) is 16.7 Å². The Balaban J connectivity index is 1.57. The quantitative estimate of drug-likeness (QED) is 0.482. The van der Waals surface area contributed by atoms with Crippen LogP contribution in [0, 0.1) is 0 Å². The summed E-state index contributed by atoms with van der Waals surface area (Å²) in [5, 5.41) is 11.3. The Bertz CT molecular complexity index is 1160. The molecule has 0 atom stereocenters. The largest absolute Gasteiger partial charge is 0.378 e. The molecule has 0 spiro atoms. The van der Waals surface area contributed by atoms with E-state index in [1.165, 1.54) is 23.1 Å². The van der Waals surface area contributed by atoms with Gasteiger partial charge in [0, 0.05) is 55.8 Å². The number of aromatic nitrogens is 5. The fourth-order valence-electron chi connectivity index (χ4n) is 2.72. The van der Waals surface area contributed by atoms with E-state index >= 15 is 0 Å². The molecule has 9 heteroatoms. The summed E-state index contributed by atoms with van der Waals surface area (Å²) in [4.78, 5) is 19.4. The smallest absolute Gasteiger partial charge is 0.258 e. The molecule has 0 saturated heterocycles. The number of rotatable bonds is 5. The molecule has 0 fully saturated rings. The molecule has 0 N–H and O–H groups in total. The summed E-state index contributed by atoms with van der Waals surface area (Å²) in [6.45, 7) is 0. The fourth-order valence-corrected chi connectivity index (χ4v) is 4.26. The maximum Gasteiger partial charge on any atom is 0.258 e. The predicted octanol–water partition coefficient (Wildman–Crippen LogP) is 2.91. The van der Waals surface area contributed by atoms with Crippen molar-refractivity contribution >= 4 is 33.7 Å². The SMILES string of the molecule is CN(C)c1cccc(-c2nnc(SCc3cc(=O)n4ccsc4n3)n2C)c1. The van der Waals surface area contributed by atoms with Crippen molar-refractivity contribution in [2.75, 3.05) is 19.0 Å². The summed E-state index contributed by atoms with van der Waals surface area (Å²) in [5.74, 6) is 1.37. The zero-order chi connectivity index (χ0) is 19.0.